The van der Waals surface area contributed by atoms with Crippen molar-refractivity contribution >= 4 is 26.0 Å². The molecular formula is C29H36N2O5Si. The highest BCUT2D eigenvalue weighted by atomic mass is 28.3. The van der Waals surface area contributed by atoms with Gasteiger partial charge in [0.05, 0.1) is 6.54 Å². The lowest BCUT2D eigenvalue weighted by atomic mass is 9.93. The standard InChI is InChI=1S/C29H36N2O5Si/c1-29(2,3)37(4,5)17-11-16-24(27(33)34)30-26(32)25-18-22-14-9-10-15-23(22)19-31(25)28(35)36-20-21-12-7-6-8-13-21/h6-10,12-15,24-25H,16,18-20H2,1-5H3,(H,30,32)(H,33,34)/t24-,25-/m0/s1. The highest BCUT2D eigenvalue weighted by Crippen LogP contribution is 2.35. The van der Waals surface area contributed by atoms with Crippen LogP contribution in [0.5, 0.6) is 0 Å². The van der Waals surface area contributed by atoms with Gasteiger partial charge in [0.25, 0.3) is 0 Å². The van der Waals surface area contributed by atoms with E-state index in [1.165, 1.54) is 4.90 Å². The summed E-state index contributed by atoms with van der Waals surface area (Å²) in [4.78, 5) is 39.8. The van der Waals surface area contributed by atoms with Crippen LogP contribution in [0.4, 0.5) is 4.79 Å². The van der Waals surface area contributed by atoms with Crippen LogP contribution in [-0.2, 0) is 33.9 Å². The topological polar surface area (TPSA) is 95.9 Å². The van der Waals surface area contributed by atoms with Crippen molar-refractivity contribution in [2.75, 3.05) is 0 Å². The maximum Gasteiger partial charge on any atom is 0.411 e. The minimum absolute atomic E-state index is 0.00462. The number of nitrogens with one attached hydrogen (secondary N) is 1. The molecule has 0 aromatic heterocycles. The third kappa shape index (κ3) is 7.23. The maximum absolute atomic E-state index is 13.4. The summed E-state index contributed by atoms with van der Waals surface area (Å²) in [6.45, 7) is 11.0. The molecule has 0 spiro atoms. The summed E-state index contributed by atoms with van der Waals surface area (Å²) in [5.41, 5.74) is 6.01. The predicted octanol–water partition coefficient (Wildman–Crippen LogP) is 4.76. The fourth-order valence-electron chi connectivity index (χ4n) is 3.78. The number of nitrogens with zero attached hydrogens (tertiary/aromatic N) is 1. The second-order valence-corrected chi connectivity index (χ2v) is 15.9. The SMILES string of the molecule is CC(C)(C)[Si](C)(C)C#CC[C@H](NC(=O)[C@@H]1Cc2ccccc2CN1C(=O)OCc1ccccc1)C(=O)O. The Bertz CT molecular complexity index is 1190. The van der Waals surface area contributed by atoms with Crippen LogP contribution in [0.25, 0.3) is 0 Å². The lowest BCUT2D eigenvalue weighted by Gasteiger charge is -2.35. The van der Waals surface area contributed by atoms with Crippen LogP contribution in [0, 0.1) is 11.5 Å². The molecule has 2 aromatic rings. The van der Waals surface area contributed by atoms with Crippen molar-refractivity contribution in [3.63, 3.8) is 0 Å². The molecule has 1 aliphatic heterocycles. The number of hydrogen-bond donors (Lipinski definition) is 2. The van der Waals surface area contributed by atoms with Gasteiger partial charge < -0.3 is 15.2 Å². The van der Waals surface area contributed by atoms with Crippen LogP contribution >= 0.6 is 0 Å². The number of carbonyl (C=O) groups is 3. The van der Waals surface area contributed by atoms with Crippen LogP contribution in [0.2, 0.25) is 18.1 Å². The van der Waals surface area contributed by atoms with E-state index in [0.717, 1.165) is 16.7 Å². The van der Waals surface area contributed by atoms with Crippen molar-refractivity contribution in [1.29, 1.82) is 0 Å². The summed E-state index contributed by atoms with van der Waals surface area (Å²) in [5, 5.41) is 12.4. The second kappa shape index (κ2) is 11.7. The van der Waals surface area contributed by atoms with Crippen molar-refractivity contribution in [3.05, 3.63) is 71.3 Å². The van der Waals surface area contributed by atoms with E-state index in [9.17, 15) is 19.5 Å². The number of carboxylic acid groups (broad SMARTS) is 1. The molecule has 7 nitrogen and oxygen atoms in total. The first-order valence-electron chi connectivity index (χ1n) is 12.5. The number of hydrogen-bond acceptors (Lipinski definition) is 4. The molecule has 0 fully saturated rings. The Balaban J connectivity index is 1.77. The summed E-state index contributed by atoms with van der Waals surface area (Å²) in [6, 6.07) is 14.8. The van der Waals surface area contributed by atoms with Crippen LogP contribution < -0.4 is 5.32 Å². The molecule has 196 valence electrons. The first-order chi connectivity index (χ1) is 17.4. The predicted molar refractivity (Wildman–Crippen MR) is 145 cm³/mol. The molecule has 2 N–H and O–H groups in total. The van der Waals surface area contributed by atoms with Crippen molar-refractivity contribution in [2.24, 2.45) is 0 Å². The minimum Gasteiger partial charge on any atom is -0.480 e. The Kier molecular flexibility index (Phi) is 8.82. The van der Waals surface area contributed by atoms with E-state index < -0.39 is 38.1 Å². The van der Waals surface area contributed by atoms with Crippen molar-refractivity contribution in [1.82, 2.24) is 10.2 Å². The smallest absolute Gasteiger partial charge is 0.411 e. The first-order valence-corrected chi connectivity index (χ1v) is 15.5. The third-order valence-corrected chi connectivity index (χ3v) is 11.7. The highest BCUT2D eigenvalue weighted by molar-refractivity contribution is 6.87. The molecule has 2 amide bonds. The fraction of sp³-hybridized carbons (Fsp3) is 0.414. The van der Waals surface area contributed by atoms with E-state index in [2.05, 4.69) is 50.6 Å². The Hall–Kier alpha value is -3.57. The number of rotatable bonds is 6. The number of fused-ring (bicyclic) bond motifs is 1. The zero-order chi connectivity index (χ0) is 27.2. The lowest BCUT2D eigenvalue weighted by molar-refractivity contribution is -0.142. The van der Waals surface area contributed by atoms with E-state index in [1.54, 1.807) is 0 Å². The minimum atomic E-state index is -1.92. The normalized spacial score (nSPS) is 16.0. The largest absolute Gasteiger partial charge is 0.480 e. The van der Waals surface area contributed by atoms with Crippen LogP contribution in [0.1, 0.15) is 43.9 Å². The monoisotopic (exact) mass is 520 g/mol. The summed E-state index contributed by atoms with van der Waals surface area (Å²) >= 11 is 0. The van der Waals surface area contributed by atoms with Gasteiger partial charge in [-0.2, -0.15) is 0 Å². The van der Waals surface area contributed by atoms with Crippen LogP contribution in [-0.4, -0.2) is 48.1 Å². The molecule has 0 saturated heterocycles. The van der Waals surface area contributed by atoms with Crippen molar-refractivity contribution < 1.29 is 24.2 Å². The molecule has 2 atom stereocenters. The fourth-order valence-corrected chi connectivity index (χ4v) is 4.70. The van der Waals surface area contributed by atoms with Gasteiger partial charge in [-0.3, -0.25) is 9.69 Å². The van der Waals surface area contributed by atoms with E-state index in [-0.39, 0.29) is 31.0 Å². The number of amides is 2. The molecular weight excluding hydrogens is 484 g/mol. The van der Waals surface area contributed by atoms with Crippen LogP contribution in [0.3, 0.4) is 0 Å². The molecule has 37 heavy (non-hydrogen) atoms. The van der Waals surface area contributed by atoms with E-state index in [4.69, 9.17) is 4.74 Å². The Morgan fingerprint density at radius 1 is 1.08 bits per heavy atom. The number of carbonyl (C=O) groups excluding carboxylic acids is 2. The summed E-state index contributed by atoms with van der Waals surface area (Å²) in [7, 11) is -1.92. The molecule has 8 heteroatoms. The average molecular weight is 521 g/mol. The van der Waals surface area contributed by atoms with Gasteiger partial charge >= 0.3 is 12.1 Å². The molecule has 0 bridgehead atoms. The van der Waals surface area contributed by atoms with Gasteiger partial charge in [0.1, 0.15) is 26.8 Å². The van der Waals surface area contributed by atoms with Crippen molar-refractivity contribution in [3.8, 4) is 11.5 Å². The zero-order valence-electron chi connectivity index (χ0n) is 22.2. The van der Waals surface area contributed by atoms with Crippen LogP contribution in [0.15, 0.2) is 54.6 Å². The molecule has 2 aromatic carbocycles. The van der Waals surface area contributed by atoms with E-state index in [1.807, 2.05) is 54.6 Å². The zero-order valence-corrected chi connectivity index (χ0v) is 23.2. The maximum atomic E-state index is 13.4. The lowest BCUT2D eigenvalue weighted by Crippen LogP contribution is -2.55. The molecule has 1 heterocycles. The number of carboxylic acids is 1. The van der Waals surface area contributed by atoms with E-state index >= 15 is 0 Å². The van der Waals surface area contributed by atoms with Gasteiger partial charge in [0.2, 0.25) is 5.91 Å². The first kappa shape index (κ1) is 28.0. The number of aliphatic carboxylic acids is 1. The third-order valence-electron chi connectivity index (χ3n) is 7.19. The Labute approximate surface area is 220 Å². The van der Waals surface area contributed by atoms with Crippen molar-refractivity contribution in [2.45, 2.75) is 77.0 Å². The summed E-state index contributed by atoms with van der Waals surface area (Å²) in [6.07, 6.45) is -0.358. The van der Waals surface area contributed by atoms with Gasteiger partial charge in [0.15, 0.2) is 0 Å². The Morgan fingerprint density at radius 3 is 2.32 bits per heavy atom. The molecule has 1 aliphatic rings. The molecule has 0 saturated carbocycles. The molecule has 3 rings (SSSR count). The molecule has 0 aliphatic carbocycles. The summed E-state index contributed by atoms with van der Waals surface area (Å²) < 4.78 is 5.52. The molecule has 0 radical (unpaired) electrons. The number of ether oxygens (including phenoxy) is 1. The quantitative estimate of drug-likeness (QED) is 0.423. The van der Waals surface area contributed by atoms with Gasteiger partial charge in [-0.25, -0.2) is 9.59 Å². The summed E-state index contributed by atoms with van der Waals surface area (Å²) in [5.74, 6) is 1.33. The Morgan fingerprint density at radius 2 is 1.70 bits per heavy atom. The number of benzene rings is 2. The highest BCUT2D eigenvalue weighted by Gasteiger charge is 2.37. The van der Waals surface area contributed by atoms with Gasteiger partial charge in [-0.1, -0.05) is 88.5 Å². The van der Waals surface area contributed by atoms with Gasteiger partial charge in [-0.15, -0.1) is 11.5 Å². The second-order valence-electron chi connectivity index (χ2n) is 10.9. The molecule has 0 unspecified atom stereocenters. The van der Waals surface area contributed by atoms with Gasteiger partial charge in [0, 0.05) is 12.8 Å². The van der Waals surface area contributed by atoms with E-state index in [0.29, 0.717) is 0 Å². The van der Waals surface area contributed by atoms with Gasteiger partial charge in [-0.05, 0) is 21.7 Å². The average Bonchev–Trinajstić information content (AvgIpc) is 2.85.